The molecule has 0 saturated heterocycles. The molecule has 0 fully saturated rings. The van der Waals surface area contributed by atoms with Crippen molar-refractivity contribution in [1.29, 1.82) is 0 Å². The molecule has 0 aliphatic carbocycles. The van der Waals surface area contributed by atoms with Crippen molar-refractivity contribution >= 4 is 23.2 Å². The van der Waals surface area contributed by atoms with Gasteiger partial charge in [-0.3, -0.25) is 0 Å². The Kier molecular flexibility index (Phi) is 4.34. The molecule has 0 atom stereocenters. The molecule has 0 saturated carbocycles. The number of halogens is 2. The van der Waals surface area contributed by atoms with E-state index in [2.05, 4.69) is 11.1 Å². The van der Waals surface area contributed by atoms with Crippen LogP contribution in [0.4, 0.5) is 0 Å². The third-order valence-electron chi connectivity index (χ3n) is 0.615. The Morgan fingerprint density at radius 1 is 1.22 bits per heavy atom. The molecule has 0 unspecified atom stereocenters. The Morgan fingerprint density at radius 2 is 1.67 bits per heavy atom. The third-order valence-corrected chi connectivity index (χ3v) is 0.999. The predicted octanol–water partition coefficient (Wildman–Crippen LogP) is -0.807. The molecular formula is C5H2Cl2LiN. The van der Waals surface area contributed by atoms with Crippen molar-refractivity contribution in [2.75, 3.05) is 0 Å². The smallest absolute Gasteiger partial charge is 0.388 e. The normalized spacial score (nSPS) is 8.22. The molecule has 1 nitrogen and oxygen atoms in total. The fraction of sp³-hybridized carbons (Fsp3) is 0. The summed E-state index contributed by atoms with van der Waals surface area (Å²) in [5.74, 6) is 0. The fourth-order valence-corrected chi connectivity index (χ4v) is 0.711. The molecule has 0 bridgehead atoms. The molecule has 0 radical (unpaired) electrons. The van der Waals surface area contributed by atoms with Crippen LogP contribution in [0.15, 0.2) is 12.4 Å². The maximum Gasteiger partial charge on any atom is 1.00 e. The zero-order valence-electron chi connectivity index (χ0n) is 4.86. The van der Waals surface area contributed by atoms with Gasteiger partial charge in [0, 0.05) is 0 Å². The Labute approximate surface area is 75.6 Å². The number of hydrogen-bond acceptors (Lipinski definition) is 1. The van der Waals surface area contributed by atoms with E-state index in [9.17, 15) is 0 Å². The molecule has 0 spiro atoms. The van der Waals surface area contributed by atoms with Gasteiger partial charge in [-0.1, -0.05) is 22.4 Å². The van der Waals surface area contributed by atoms with E-state index >= 15 is 0 Å². The molecule has 1 heterocycles. The second kappa shape index (κ2) is 4.19. The minimum absolute atomic E-state index is 0. The standard InChI is InChI=1S/C5H2Cl2N.Li/c6-4-1-5(7)3-8-2-4;/h2-3H;/q-1;+1. The summed E-state index contributed by atoms with van der Waals surface area (Å²) in [5, 5.41) is 0.884. The van der Waals surface area contributed by atoms with Gasteiger partial charge >= 0.3 is 18.9 Å². The summed E-state index contributed by atoms with van der Waals surface area (Å²) in [7, 11) is 0. The van der Waals surface area contributed by atoms with Crippen LogP contribution in [-0.2, 0) is 0 Å². The van der Waals surface area contributed by atoms with Crippen molar-refractivity contribution in [2.45, 2.75) is 0 Å². The van der Waals surface area contributed by atoms with Crippen molar-refractivity contribution in [3.63, 3.8) is 0 Å². The molecule has 42 valence electrons. The summed E-state index contributed by atoms with van der Waals surface area (Å²) in [5.41, 5.74) is 0. The molecule has 9 heavy (non-hydrogen) atoms. The van der Waals surface area contributed by atoms with Gasteiger partial charge in [0.1, 0.15) is 0 Å². The van der Waals surface area contributed by atoms with E-state index in [0.717, 1.165) is 0 Å². The number of pyridine rings is 1. The number of hydrogen-bond donors (Lipinski definition) is 0. The number of rotatable bonds is 0. The van der Waals surface area contributed by atoms with Crippen molar-refractivity contribution in [3.8, 4) is 0 Å². The van der Waals surface area contributed by atoms with Crippen LogP contribution >= 0.6 is 23.2 Å². The number of nitrogens with zero attached hydrogens (tertiary/aromatic N) is 1. The summed E-state index contributed by atoms with van der Waals surface area (Å²) in [4.78, 5) is 3.69. The van der Waals surface area contributed by atoms with E-state index in [1.54, 1.807) is 0 Å². The van der Waals surface area contributed by atoms with E-state index in [1.165, 1.54) is 12.4 Å². The molecule has 0 aromatic carbocycles. The van der Waals surface area contributed by atoms with Crippen LogP contribution in [0.3, 0.4) is 0 Å². The topological polar surface area (TPSA) is 12.9 Å². The quantitative estimate of drug-likeness (QED) is 0.352. The van der Waals surface area contributed by atoms with Crippen molar-refractivity contribution in [2.24, 2.45) is 0 Å². The SMILES string of the molecule is Clc1[c-]c(Cl)cnc1.[Li+]. The van der Waals surface area contributed by atoms with Gasteiger partial charge in [-0.25, -0.2) is 0 Å². The Bertz CT molecular complexity index is 175. The van der Waals surface area contributed by atoms with E-state index in [-0.39, 0.29) is 18.9 Å². The average Bonchev–Trinajstić information content (AvgIpc) is 1.64. The van der Waals surface area contributed by atoms with Gasteiger partial charge in [-0.15, -0.1) is 29.3 Å². The van der Waals surface area contributed by atoms with E-state index in [1.807, 2.05) is 0 Å². The molecule has 0 aliphatic heterocycles. The van der Waals surface area contributed by atoms with E-state index in [4.69, 9.17) is 23.2 Å². The first-order valence-corrected chi connectivity index (χ1v) is 2.73. The molecule has 0 N–H and O–H groups in total. The first-order valence-electron chi connectivity index (χ1n) is 1.97. The molecule has 0 aliphatic rings. The first-order chi connectivity index (χ1) is 3.79. The van der Waals surface area contributed by atoms with Gasteiger partial charge in [0.05, 0.1) is 0 Å². The summed E-state index contributed by atoms with van der Waals surface area (Å²) in [6.07, 6.45) is 2.96. The first kappa shape index (κ1) is 9.33. The van der Waals surface area contributed by atoms with Crippen molar-refractivity contribution in [1.82, 2.24) is 4.98 Å². The Morgan fingerprint density at radius 3 is 1.89 bits per heavy atom. The van der Waals surface area contributed by atoms with Crippen LogP contribution in [0.2, 0.25) is 10.0 Å². The summed E-state index contributed by atoms with van der Waals surface area (Å²) in [6, 6.07) is 2.64. The van der Waals surface area contributed by atoms with Crippen LogP contribution in [0, 0.1) is 6.07 Å². The minimum Gasteiger partial charge on any atom is -0.388 e. The zero-order valence-corrected chi connectivity index (χ0v) is 6.37. The van der Waals surface area contributed by atoms with Crippen LogP contribution in [0.1, 0.15) is 0 Å². The van der Waals surface area contributed by atoms with E-state index in [0.29, 0.717) is 10.0 Å². The maximum absolute atomic E-state index is 5.44. The van der Waals surface area contributed by atoms with Gasteiger partial charge < -0.3 is 4.98 Å². The second-order valence-corrected chi connectivity index (χ2v) is 2.04. The van der Waals surface area contributed by atoms with Gasteiger partial charge in [-0.05, 0) is 0 Å². The van der Waals surface area contributed by atoms with Crippen LogP contribution in [-0.4, -0.2) is 4.98 Å². The minimum atomic E-state index is 0. The largest absolute Gasteiger partial charge is 1.00 e. The van der Waals surface area contributed by atoms with Gasteiger partial charge in [0.15, 0.2) is 0 Å². The maximum atomic E-state index is 5.44. The monoisotopic (exact) mass is 153 g/mol. The van der Waals surface area contributed by atoms with Crippen LogP contribution in [0.5, 0.6) is 0 Å². The van der Waals surface area contributed by atoms with Crippen LogP contribution < -0.4 is 18.9 Å². The van der Waals surface area contributed by atoms with Crippen molar-refractivity contribution < 1.29 is 18.9 Å². The summed E-state index contributed by atoms with van der Waals surface area (Å²) in [6.45, 7) is 0. The second-order valence-electron chi connectivity index (χ2n) is 1.23. The molecular weight excluding hydrogens is 152 g/mol. The zero-order chi connectivity index (χ0) is 5.98. The van der Waals surface area contributed by atoms with Gasteiger partial charge in [0.25, 0.3) is 0 Å². The predicted molar refractivity (Wildman–Crippen MR) is 33.1 cm³/mol. The van der Waals surface area contributed by atoms with Gasteiger partial charge in [0.2, 0.25) is 0 Å². The Balaban J connectivity index is 0.000000640. The van der Waals surface area contributed by atoms with Gasteiger partial charge in [-0.2, -0.15) is 0 Å². The number of aromatic nitrogens is 1. The third kappa shape index (κ3) is 3.13. The van der Waals surface area contributed by atoms with E-state index < -0.39 is 0 Å². The van der Waals surface area contributed by atoms with Crippen LogP contribution in [0.25, 0.3) is 0 Å². The Hall–Kier alpha value is 0.327. The molecule has 1 aromatic rings. The molecule has 1 aromatic heterocycles. The summed E-state index contributed by atoms with van der Waals surface area (Å²) < 4.78 is 0. The fourth-order valence-electron chi connectivity index (χ4n) is 0.347. The average molecular weight is 154 g/mol. The molecule has 4 heteroatoms. The molecule has 1 rings (SSSR count). The molecule has 0 amide bonds. The van der Waals surface area contributed by atoms with Crippen molar-refractivity contribution in [3.05, 3.63) is 28.5 Å². The summed E-state index contributed by atoms with van der Waals surface area (Å²) >= 11 is 10.9.